The molecule has 0 spiro atoms. The molecule has 0 aliphatic carbocycles. The second-order valence-electron chi connectivity index (χ2n) is 5.62. The van der Waals surface area contributed by atoms with Crippen LogP contribution in [0.4, 0.5) is 4.79 Å². The first kappa shape index (κ1) is 16.9. The van der Waals surface area contributed by atoms with E-state index in [4.69, 9.17) is 4.74 Å². The molecular weight excluding hydrogens is 346 g/mol. The molecule has 0 aromatic carbocycles. The quantitative estimate of drug-likeness (QED) is 0.907. The van der Waals surface area contributed by atoms with Gasteiger partial charge in [-0.05, 0) is 31.2 Å². The number of nitrogens with one attached hydrogen (secondary N) is 1. The third kappa shape index (κ3) is 3.59. The lowest BCUT2D eigenvalue weighted by atomic mass is 10.1. The maximum atomic E-state index is 12.5. The van der Waals surface area contributed by atoms with Gasteiger partial charge in [0.2, 0.25) is 0 Å². The molecular formula is C16H19N3O3S2. The summed E-state index contributed by atoms with van der Waals surface area (Å²) in [4.78, 5) is 31.9. The summed E-state index contributed by atoms with van der Waals surface area (Å²) in [5.41, 5.74) is 0.757. The second-order valence-corrected chi connectivity index (χ2v) is 7.56. The first-order valence-corrected chi connectivity index (χ1v) is 9.43. The van der Waals surface area contributed by atoms with Gasteiger partial charge >= 0.3 is 6.09 Å². The average Bonchev–Trinajstić information content (AvgIpc) is 3.24. The van der Waals surface area contributed by atoms with Crippen molar-refractivity contribution < 1.29 is 14.3 Å². The van der Waals surface area contributed by atoms with E-state index in [-0.39, 0.29) is 18.0 Å². The highest BCUT2D eigenvalue weighted by Gasteiger charge is 2.26. The zero-order valence-electron chi connectivity index (χ0n) is 13.6. The number of aryl methyl sites for hydroxylation is 1. The molecule has 3 heterocycles. The number of thiophene rings is 1. The molecule has 128 valence electrons. The molecule has 0 radical (unpaired) electrons. The van der Waals surface area contributed by atoms with Gasteiger partial charge < -0.3 is 15.0 Å². The van der Waals surface area contributed by atoms with Gasteiger partial charge in [-0.2, -0.15) is 0 Å². The van der Waals surface area contributed by atoms with Crippen LogP contribution in [0.3, 0.4) is 0 Å². The largest absolute Gasteiger partial charge is 0.453 e. The second kappa shape index (κ2) is 7.31. The summed E-state index contributed by atoms with van der Waals surface area (Å²) in [6, 6.07) is 4.06. The molecule has 0 saturated carbocycles. The molecule has 0 bridgehead atoms. The van der Waals surface area contributed by atoms with E-state index in [1.165, 1.54) is 18.4 Å². The summed E-state index contributed by atoms with van der Waals surface area (Å²) < 4.78 is 4.72. The molecule has 0 unspecified atom stereocenters. The molecule has 24 heavy (non-hydrogen) atoms. The number of hydrogen-bond acceptors (Lipinski definition) is 6. The molecule has 1 aliphatic heterocycles. The number of likely N-dealkylation sites (tertiary alicyclic amines) is 1. The molecule has 8 heteroatoms. The Morgan fingerprint density at radius 2 is 2.12 bits per heavy atom. The van der Waals surface area contributed by atoms with Crippen LogP contribution in [-0.2, 0) is 4.74 Å². The molecule has 1 aliphatic rings. The Morgan fingerprint density at radius 3 is 2.75 bits per heavy atom. The Hall–Kier alpha value is -1.93. The number of methoxy groups -OCH3 is 1. The van der Waals surface area contributed by atoms with Crippen LogP contribution in [-0.4, -0.2) is 48.1 Å². The third-order valence-electron chi connectivity index (χ3n) is 4.00. The number of amides is 2. The van der Waals surface area contributed by atoms with Crippen molar-refractivity contribution in [1.29, 1.82) is 0 Å². The summed E-state index contributed by atoms with van der Waals surface area (Å²) >= 11 is 3.04. The van der Waals surface area contributed by atoms with E-state index >= 15 is 0 Å². The summed E-state index contributed by atoms with van der Waals surface area (Å²) in [5, 5.41) is 5.95. The number of thiazole rings is 1. The number of ether oxygens (including phenoxy) is 1. The monoisotopic (exact) mass is 365 g/mol. The fraction of sp³-hybridized carbons (Fsp3) is 0.438. The molecule has 1 saturated heterocycles. The van der Waals surface area contributed by atoms with Crippen LogP contribution < -0.4 is 5.32 Å². The number of carbonyl (C=O) groups is 2. The highest BCUT2D eigenvalue weighted by molar-refractivity contribution is 7.22. The van der Waals surface area contributed by atoms with Crippen LogP contribution in [0.15, 0.2) is 17.5 Å². The van der Waals surface area contributed by atoms with E-state index in [9.17, 15) is 9.59 Å². The van der Waals surface area contributed by atoms with Crippen molar-refractivity contribution in [2.45, 2.75) is 25.8 Å². The van der Waals surface area contributed by atoms with Crippen molar-refractivity contribution in [3.05, 3.63) is 28.1 Å². The van der Waals surface area contributed by atoms with Crippen molar-refractivity contribution in [3.63, 3.8) is 0 Å². The molecule has 0 atom stereocenters. The number of rotatable bonds is 3. The van der Waals surface area contributed by atoms with Crippen LogP contribution >= 0.6 is 22.7 Å². The molecule has 1 fully saturated rings. The lowest BCUT2D eigenvalue weighted by Gasteiger charge is -2.31. The van der Waals surface area contributed by atoms with Gasteiger partial charge in [0.05, 0.1) is 17.7 Å². The highest BCUT2D eigenvalue weighted by Crippen LogP contribution is 2.31. The maximum Gasteiger partial charge on any atom is 0.409 e. The van der Waals surface area contributed by atoms with Gasteiger partial charge in [0.15, 0.2) is 0 Å². The number of carbonyl (C=O) groups excluding carboxylic acids is 2. The zero-order chi connectivity index (χ0) is 17.1. The summed E-state index contributed by atoms with van der Waals surface area (Å²) in [6.45, 7) is 3.06. The summed E-state index contributed by atoms with van der Waals surface area (Å²) in [7, 11) is 1.38. The van der Waals surface area contributed by atoms with Crippen LogP contribution in [0.1, 0.15) is 28.2 Å². The molecule has 6 nitrogen and oxygen atoms in total. The van der Waals surface area contributed by atoms with E-state index in [1.54, 1.807) is 16.2 Å². The first-order valence-electron chi connectivity index (χ1n) is 7.73. The topological polar surface area (TPSA) is 71.5 Å². The Kier molecular flexibility index (Phi) is 5.15. The minimum Gasteiger partial charge on any atom is -0.453 e. The smallest absolute Gasteiger partial charge is 0.409 e. The molecule has 2 amide bonds. The molecule has 2 aromatic heterocycles. The minimum atomic E-state index is -0.307. The summed E-state index contributed by atoms with van der Waals surface area (Å²) in [6.07, 6.45) is 1.16. The molecule has 1 N–H and O–H groups in total. The van der Waals surface area contributed by atoms with Gasteiger partial charge in [-0.3, -0.25) is 4.79 Å². The van der Waals surface area contributed by atoms with Gasteiger partial charge in [-0.25, -0.2) is 9.78 Å². The fourth-order valence-electron chi connectivity index (χ4n) is 2.70. The van der Waals surface area contributed by atoms with E-state index in [2.05, 4.69) is 10.3 Å². The van der Waals surface area contributed by atoms with E-state index in [1.807, 2.05) is 24.4 Å². The van der Waals surface area contributed by atoms with Crippen LogP contribution in [0.25, 0.3) is 9.88 Å². The van der Waals surface area contributed by atoms with Crippen LogP contribution in [0.2, 0.25) is 0 Å². The third-order valence-corrected chi connectivity index (χ3v) is 6.19. The van der Waals surface area contributed by atoms with Gasteiger partial charge in [0.25, 0.3) is 5.91 Å². The minimum absolute atomic E-state index is 0.0742. The SMILES string of the molecule is COC(=O)N1CCC(NC(=O)c2sc(-c3cccs3)nc2C)CC1. The van der Waals surface area contributed by atoms with Crippen molar-refractivity contribution in [2.75, 3.05) is 20.2 Å². The number of nitrogens with zero attached hydrogens (tertiary/aromatic N) is 2. The maximum absolute atomic E-state index is 12.5. The Balaban J connectivity index is 1.61. The molecule has 3 rings (SSSR count). The van der Waals surface area contributed by atoms with Crippen LogP contribution in [0.5, 0.6) is 0 Å². The first-order chi connectivity index (χ1) is 11.6. The highest BCUT2D eigenvalue weighted by atomic mass is 32.1. The lowest BCUT2D eigenvalue weighted by molar-refractivity contribution is 0.0895. The van der Waals surface area contributed by atoms with Gasteiger partial charge in [-0.15, -0.1) is 22.7 Å². The zero-order valence-corrected chi connectivity index (χ0v) is 15.2. The van der Waals surface area contributed by atoms with Crippen molar-refractivity contribution in [1.82, 2.24) is 15.2 Å². The van der Waals surface area contributed by atoms with E-state index in [0.717, 1.165) is 28.4 Å². The average molecular weight is 365 g/mol. The van der Waals surface area contributed by atoms with Crippen molar-refractivity contribution in [3.8, 4) is 9.88 Å². The van der Waals surface area contributed by atoms with E-state index in [0.29, 0.717) is 18.0 Å². The standard InChI is InChI=1S/C16H19N3O3S2/c1-10-13(24-15(17-10)12-4-3-9-23-12)14(20)18-11-5-7-19(8-6-11)16(21)22-2/h3-4,9,11H,5-8H2,1-2H3,(H,18,20). The normalized spacial score (nSPS) is 15.3. The van der Waals surface area contributed by atoms with E-state index < -0.39 is 0 Å². The number of piperidine rings is 1. The fourth-order valence-corrected chi connectivity index (χ4v) is 4.47. The Morgan fingerprint density at radius 1 is 1.38 bits per heavy atom. The van der Waals surface area contributed by atoms with Crippen molar-refractivity contribution in [2.24, 2.45) is 0 Å². The summed E-state index contributed by atoms with van der Waals surface area (Å²) in [5.74, 6) is -0.0793. The van der Waals surface area contributed by atoms with Gasteiger partial charge in [0.1, 0.15) is 9.88 Å². The van der Waals surface area contributed by atoms with Crippen molar-refractivity contribution >= 4 is 34.7 Å². The molecule has 2 aromatic rings. The predicted octanol–water partition coefficient (Wildman–Crippen LogP) is 3.14. The Bertz CT molecular complexity index is 719. The van der Waals surface area contributed by atoms with Gasteiger partial charge in [0, 0.05) is 19.1 Å². The lowest BCUT2D eigenvalue weighted by Crippen LogP contribution is -2.46. The predicted molar refractivity (Wildman–Crippen MR) is 94.6 cm³/mol. The van der Waals surface area contributed by atoms with Crippen LogP contribution in [0, 0.1) is 6.92 Å². The number of hydrogen-bond donors (Lipinski definition) is 1. The Labute approximate surface area is 148 Å². The van der Waals surface area contributed by atoms with Gasteiger partial charge in [-0.1, -0.05) is 6.07 Å². The number of aromatic nitrogens is 1.